The number of carbonyl (C=O) groups is 1. The quantitative estimate of drug-likeness (QED) is 0.292. The van der Waals surface area contributed by atoms with E-state index < -0.39 is 22.4 Å². The minimum atomic E-state index is -2.16. The van der Waals surface area contributed by atoms with E-state index >= 15 is 0 Å². The number of fused-ring (bicyclic) bond motifs is 1. The molecule has 8 nitrogen and oxygen atoms in total. The average Bonchev–Trinajstić information content (AvgIpc) is 3.30. The van der Waals surface area contributed by atoms with E-state index in [9.17, 15) is 13.6 Å². The lowest BCUT2D eigenvalue weighted by molar-refractivity contribution is -0.138. The van der Waals surface area contributed by atoms with Crippen molar-refractivity contribution in [2.24, 2.45) is 5.41 Å². The van der Waals surface area contributed by atoms with Crippen LogP contribution in [0.3, 0.4) is 0 Å². The second-order valence-electron chi connectivity index (χ2n) is 6.85. The molecule has 28 heavy (non-hydrogen) atoms. The fraction of sp³-hybridized carbons (Fsp3) is 0.389. The highest BCUT2D eigenvalue weighted by molar-refractivity contribution is 7.79. The highest BCUT2D eigenvalue weighted by atomic mass is 32.2. The Labute approximate surface area is 168 Å². The Morgan fingerprint density at radius 1 is 1.39 bits per heavy atom. The Morgan fingerprint density at radius 3 is 2.86 bits per heavy atom. The molecule has 150 valence electrons. The second kappa shape index (κ2) is 8.48. The lowest BCUT2D eigenvalue weighted by Gasteiger charge is -2.25. The van der Waals surface area contributed by atoms with Gasteiger partial charge in [-0.25, -0.2) is 14.7 Å². The normalized spacial score (nSPS) is 14.7. The first-order valence-corrected chi connectivity index (χ1v) is 10.9. The van der Waals surface area contributed by atoms with E-state index in [4.69, 9.17) is 5.21 Å². The van der Waals surface area contributed by atoms with Crippen LogP contribution in [-0.4, -0.2) is 40.4 Å². The molecule has 2 unspecified atom stereocenters. The maximum Gasteiger partial charge on any atom is 0.250 e. The zero-order valence-corrected chi connectivity index (χ0v) is 17.2. The summed E-state index contributed by atoms with van der Waals surface area (Å²) in [5.41, 5.74) is 3.35. The van der Waals surface area contributed by atoms with E-state index in [1.165, 1.54) is 0 Å². The van der Waals surface area contributed by atoms with Crippen molar-refractivity contribution >= 4 is 38.5 Å². The molecule has 0 spiro atoms. The zero-order chi connectivity index (χ0) is 20.3. The molecule has 0 aliphatic heterocycles. The third-order valence-corrected chi connectivity index (χ3v) is 6.73. The largest absolute Gasteiger partial charge is 0.306 e. The van der Waals surface area contributed by atoms with E-state index in [1.807, 2.05) is 18.3 Å². The molecule has 2 atom stereocenters. The number of aromatic nitrogens is 3. The number of rotatable bonds is 8. The minimum absolute atomic E-state index is 0.251. The van der Waals surface area contributed by atoms with Crippen molar-refractivity contribution in [2.75, 3.05) is 5.75 Å². The number of thiazole rings is 1. The molecule has 0 aliphatic carbocycles. The Morgan fingerprint density at radius 2 is 2.18 bits per heavy atom. The van der Waals surface area contributed by atoms with Crippen molar-refractivity contribution in [3.8, 4) is 11.1 Å². The van der Waals surface area contributed by atoms with Crippen LogP contribution in [0.15, 0.2) is 30.6 Å². The second-order valence-corrected chi connectivity index (χ2v) is 8.90. The molecular weight excluding hydrogens is 400 g/mol. The zero-order valence-electron chi connectivity index (χ0n) is 15.6. The number of hydroxylamine groups is 1. The van der Waals surface area contributed by atoms with Gasteiger partial charge in [0.05, 0.1) is 32.6 Å². The highest BCUT2D eigenvalue weighted by Gasteiger charge is 2.35. The maximum absolute atomic E-state index is 11.9. The van der Waals surface area contributed by atoms with Crippen molar-refractivity contribution < 1.29 is 18.8 Å². The van der Waals surface area contributed by atoms with Gasteiger partial charge >= 0.3 is 0 Å². The lowest BCUT2D eigenvalue weighted by Crippen LogP contribution is -2.42. The molecule has 2 aromatic heterocycles. The van der Waals surface area contributed by atoms with Gasteiger partial charge in [-0.3, -0.25) is 14.7 Å². The van der Waals surface area contributed by atoms with Gasteiger partial charge in [0.2, 0.25) is 5.91 Å². The molecule has 3 rings (SSSR count). The monoisotopic (exact) mass is 422 g/mol. The van der Waals surface area contributed by atoms with E-state index in [1.54, 1.807) is 34.6 Å². The lowest BCUT2D eigenvalue weighted by atomic mass is 9.88. The summed E-state index contributed by atoms with van der Waals surface area (Å²) in [6.07, 6.45) is 4.78. The molecule has 3 N–H and O–H groups in total. The van der Waals surface area contributed by atoms with Crippen LogP contribution in [-0.2, 0) is 28.8 Å². The fourth-order valence-electron chi connectivity index (χ4n) is 2.96. The summed E-state index contributed by atoms with van der Waals surface area (Å²) in [5.74, 6) is -0.959. The molecule has 0 aliphatic rings. The van der Waals surface area contributed by atoms with Gasteiger partial charge in [0.15, 0.2) is 11.1 Å². The van der Waals surface area contributed by atoms with E-state index in [0.29, 0.717) is 6.54 Å². The Kier molecular flexibility index (Phi) is 6.23. The standard InChI is InChI=1S/C18H22N4O4S2/c1-3-16-20-14-5-4-12(8-15(14)27-16)13-9-19-22(10-13)7-6-18(2,11-28(25)26)17(23)21-24/h4-5,8-10,24H,3,6-7,11H2,1-2H3,(H,21,23)(H,25,26). The molecular formula is C18H22N4O4S2. The van der Waals surface area contributed by atoms with Crippen LogP contribution in [0.1, 0.15) is 25.3 Å². The van der Waals surface area contributed by atoms with Gasteiger partial charge in [-0.05, 0) is 37.5 Å². The van der Waals surface area contributed by atoms with Gasteiger partial charge in [0.25, 0.3) is 0 Å². The molecule has 0 saturated heterocycles. The summed E-state index contributed by atoms with van der Waals surface area (Å²) in [5, 5.41) is 14.4. The molecule has 0 bridgehead atoms. The average molecular weight is 423 g/mol. The summed E-state index contributed by atoms with van der Waals surface area (Å²) < 4.78 is 23.2. The van der Waals surface area contributed by atoms with Crippen LogP contribution in [0.25, 0.3) is 21.3 Å². The molecule has 3 aromatic rings. The predicted octanol–water partition coefficient (Wildman–Crippen LogP) is 2.85. The first-order chi connectivity index (χ1) is 13.3. The van der Waals surface area contributed by atoms with Gasteiger partial charge < -0.3 is 4.55 Å². The van der Waals surface area contributed by atoms with Crippen molar-refractivity contribution in [2.45, 2.75) is 33.2 Å². The minimum Gasteiger partial charge on any atom is -0.306 e. The van der Waals surface area contributed by atoms with Crippen LogP contribution < -0.4 is 5.48 Å². The number of carbonyl (C=O) groups excluding carboxylic acids is 1. The van der Waals surface area contributed by atoms with Gasteiger partial charge in [-0.15, -0.1) is 11.3 Å². The maximum atomic E-state index is 11.9. The Hall–Kier alpha value is -2.14. The van der Waals surface area contributed by atoms with Crippen molar-refractivity contribution in [3.63, 3.8) is 0 Å². The van der Waals surface area contributed by atoms with Gasteiger partial charge in [-0.2, -0.15) is 5.10 Å². The van der Waals surface area contributed by atoms with Crippen LogP contribution in [0.4, 0.5) is 0 Å². The highest BCUT2D eigenvalue weighted by Crippen LogP contribution is 2.29. The topological polar surface area (TPSA) is 117 Å². The fourth-order valence-corrected chi connectivity index (χ4v) is 4.72. The van der Waals surface area contributed by atoms with Crippen LogP contribution in [0.5, 0.6) is 0 Å². The first kappa shape index (κ1) is 20.6. The van der Waals surface area contributed by atoms with E-state index in [0.717, 1.165) is 32.8 Å². The number of hydrogen-bond donors (Lipinski definition) is 3. The number of benzene rings is 1. The van der Waals surface area contributed by atoms with Crippen LogP contribution >= 0.6 is 11.3 Å². The molecule has 1 amide bonds. The first-order valence-electron chi connectivity index (χ1n) is 8.79. The molecule has 0 radical (unpaired) electrons. The van der Waals surface area contributed by atoms with E-state index in [-0.39, 0.29) is 12.2 Å². The van der Waals surface area contributed by atoms with Crippen molar-refractivity contribution in [3.05, 3.63) is 35.6 Å². The van der Waals surface area contributed by atoms with Gasteiger partial charge in [0.1, 0.15) is 0 Å². The summed E-state index contributed by atoms with van der Waals surface area (Å²) in [4.78, 5) is 16.5. The van der Waals surface area contributed by atoms with Crippen molar-refractivity contribution in [1.82, 2.24) is 20.2 Å². The van der Waals surface area contributed by atoms with Crippen LogP contribution in [0.2, 0.25) is 0 Å². The Balaban J connectivity index is 1.76. The van der Waals surface area contributed by atoms with Gasteiger partial charge in [0, 0.05) is 18.3 Å². The number of hydrogen-bond acceptors (Lipinski definition) is 6. The third kappa shape index (κ3) is 4.46. The predicted molar refractivity (Wildman–Crippen MR) is 109 cm³/mol. The summed E-state index contributed by atoms with van der Waals surface area (Å²) in [7, 11) is 0. The molecule has 0 fully saturated rings. The SMILES string of the molecule is CCc1nc2ccc(-c3cnn(CCC(C)(CS(=O)O)C(=O)NO)c3)cc2s1. The third-order valence-electron chi connectivity index (χ3n) is 4.69. The molecule has 1 aromatic carbocycles. The smallest absolute Gasteiger partial charge is 0.250 e. The van der Waals surface area contributed by atoms with Gasteiger partial charge in [-0.1, -0.05) is 13.0 Å². The number of aryl methyl sites for hydroxylation is 2. The molecule has 0 saturated carbocycles. The molecule has 2 heterocycles. The van der Waals surface area contributed by atoms with Crippen LogP contribution in [0, 0.1) is 5.41 Å². The summed E-state index contributed by atoms with van der Waals surface area (Å²) in [6, 6.07) is 6.09. The van der Waals surface area contributed by atoms with E-state index in [2.05, 4.69) is 23.1 Å². The van der Waals surface area contributed by atoms with Crippen molar-refractivity contribution in [1.29, 1.82) is 0 Å². The number of amides is 1. The number of nitrogens with zero attached hydrogens (tertiary/aromatic N) is 3. The summed E-state index contributed by atoms with van der Waals surface area (Å²) >= 11 is -0.479. The number of nitrogens with one attached hydrogen (secondary N) is 1. The Bertz CT molecular complexity index is 1020. The molecule has 10 heteroatoms. The summed E-state index contributed by atoms with van der Waals surface area (Å²) in [6.45, 7) is 3.99.